The van der Waals surface area contributed by atoms with Crippen LogP contribution in [-0.4, -0.2) is 57.2 Å². The second-order valence-electron chi connectivity index (χ2n) is 9.14. The van der Waals surface area contributed by atoms with Gasteiger partial charge in [-0.25, -0.2) is 9.67 Å². The first kappa shape index (κ1) is 21.3. The summed E-state index contributed by atoms with van der Waals surface area (Å²) in [6, 6.07) is 17.0. The topological polar surface area (TPSA) is 86.6 Å². The number of carbonyl (C=O) groups excluding carboxylic acids is 2. The number of benzene rings is 2. The van der Waals surface area contributed by atoms with E-state index in [-0.39, 0.29) is 18.1 Å². The smallest absolute Gasteiger partial charge is 0.257 e. The first-order chi connectivity index (χ1) is 17.0. The molecule has 0 radical (unpaired) electrons. The highest BCUT2D eigenvalue weighted by Crippen LogP contribution is 2.40. The molecule has 2 aromatic heterocycles. The number of ether oxygens (including phenoxy) is 2. The van der Waals surface area contributed by atoms with Gasteiger partial charge in [-0.15, -0.1) is 0 Å². The fraction of sp³-hybridized carbons (Fsp3) is 0.259. The zero-order valence-electron chi connectivity index (χ0n) is 19.5. The lowest BCUT2D eigenvalue weighted by molar-refractivity contribution is 0.0427. The summed E-state index contributed by atoms with van der Waals surface area (Å²) in [7, 11) is 1.57. The first-order valence-electron chi connectivity index (χ1n) is 11.6. The van der Waals surface area contributed by atoms with E-state index >= 15 is 0 Å². The number of Topliss-reactive ketones (excluding diaryl/α,β-unsaturated/α-hetero) is 1. The Morgan fingerprint density at radius 2 is 2.00 bits per heavy atom. The molecule has 1 spiro atoms. The van der Waals surface area contributed by atoms with Crippen LogP contribution in [0.5, 0.6) is 11.5 Å². The highest BCUT2D eigenvalue weighted by molar-refractivity contribution is 6.01. The van der Waals surface area contributed by atoms with Gasteiger partial charge in [-0.1, -0.05) is 18.2 Å². The third-order valence-corrected chi connectivity index (χ3v) is 6.94. The predicted molar refractivity (Wildman–Crippen MR) is 129 cm³/mol. The molecule has 4 heterocycles. The number of ketones is 1. The first-order valence-corrected chi connectivity index (χ1v) is 11.6. The zero-order valence-corrected chi connectivity index (χ0v) is 19.5. The van der Waals surface area contributed by atoms with Gasteiger partial charge in [-0.05, 0) is 43.3 Å². The Labute approximate surface area is 202 Å². The fourth-order valence-electron chi connectivity index (χ4n) is 5.04. The number of rotatable bonds is 3. The molecule has 1 unspecified atom stereocenters. The Balaban J connectivity index is 1.24. The molecule has 0 bridgehead atoms. The van der Waals surface area contributed by atoms with Crippen molar-refractivity contribution in [2.45, 2.75) is 25.4 Å². The van der Waals surface area contributed by atoms with Crippen molar-refractivity contribution in [2.75, 3.05) is 20.2 Å². The predicted octanol–water partition coefficient (Wildman–Crippen LogP) is 3.99. The number of pyridine rings is 1. The largest absolute Gasteiger partial charge is 0.497 e. The Bertz CT molecular complexity index is 1490. The van der Waals surface area contributed by atoms with Crippen molar-refractivity contribution in [3.63, 3.8) is 0 Å². The Morgan fingerprint density at radius 3 is 2.86 bits per heavy atom. The van der Waals surface area contributed by atoms with E-state index in [1.54, 1.807) is 41.1 Å². The molecule has 2 aliphatic rings. The van der Waals surface area contributed by atoms with Crippen LogP contribution >= 0.6 is 0 Å². The highest BCUT2D eigenvalue weighted by atomic mass is 16.5. The number of hydrogen-bond donors (Lipinski definition) is 0. The van der Waals surface area contributed by atoms with E-state index in [0.29, 0.717) is 48.0 Å². The minimum atomic E-state index is -0.710. The maximum Gasteiger partial charge on any atom is 0.257 e. The van der Waals surface area contributed by atoms with E-state index in [4.69, 9.17) is 14.5 Å². The van der Waals surface area contributed by atoms with Crippen molar-refractivity contribution < 1.29 is 19.1 Å². The van der Waals surface area contributed by atoms with E-state index in [2.05, 4.69) is 5.10 Å². The normalized spacial score (nSPS) is 19.1. The van der Waals surface area contributed by atoms with Gasteiger partial charge < -0.3 is 14.4 Å². The van der Waals surface area contributed by atoms with Gasteiger partial charge in [0.05, 0.1) is 48.6 Å². The molecule has 35 heavy (non-hydrogen) atoms. The van der Waals surface area contributed by atoms with Crippen LogP contribution in [0.2, 0.25) is 0 Å². The fourth-order valence-corrected chi connectivity index (χ4v) is 5.04. The van der Waals surface area contributed by atoms with Crippen LogP contribution in [0.3, 0.4) is 0 Å². The quantitative estimate of drug-likeness (QED) is 0.452. The van der Waals surface area contributed by atoms with Crippen LogP contribution in [-0.2, 0) is 0 Å². The summed E-state index contributed by atoms with van der Waals surface area (Å²) in [6.07, 6.45) is 2.42. The van der Waals surface area contributed by atoms with E-state index < -0.39 is 5.60 Å². The maximum atomic E-state index is 13.5. The minimum absolute atomic E-state index is 0.00540. The van der Waals surface area contributed by atoms with Crippen LogP contribution in [0.15, 0.2) is 60.8 Å². The molecule has 8 nitrogen and oxygen atoms in total. The molecular formula is C27H24N4O4. The number of methoxy groups -OCH3 is 1. The summed E-state index contributed by atoms with van der Waals surface area (Å²) < 4.78 is 13.2. The summed E-state index contributed by atoms with van der Waals surface area (Å²) in [4.78, 5) is 32.8. The van der Waals surface area contributed by atoms with Crippen molar-refractivity contribution in [1.82, 2.24) is 19.7 Å². The Hall–Kier alpha value is -4.20. The molecule has 1 atom stereocenters. The summed E-state index contributed by atoms with van der Waals surface area (Å²) in [6.45, 7) is 2.73. The number of likely N-dealkylation sites (tertiary alicyclic amines) is 1. The van der Waals surface area contributed by atoms with Crippen LogP contribution in [0.4, 0.5) is 0 Å². The number of aromatic nitrogens is 3. The number of carbonyl (C=O) groups is 2. The molecule has 8 heteroatoms. The molecular weight excluding hydrogens is 444 g/mol. The lowest BCUT2D eigenvalue weighted by atomic mass is 9.89. The lowest BCUT2D eigenvalue weighted by Crippen LogP contribution is -2.45. The third kappa shape index (κ3) is 3.53. The van der Waals surface area contributed by atoms with Crippen LogP contribution in [0, 0.1) is 6.92 Å². The van der Waals surface area contributed by atoms with Crippen molar-refractivity contribution in [3.05, 3.63) is 77.6 Å². The third-order valence-electron chi connectivity index (χ3n) is 6.94. The number of fused-ring (bicyclic) bond motifs is 2. The van der Waals surface area contributed by atoms with E-state index in [1.807, 2.05) is 43.3 Å². The zero-order chi connectivity index (χ0) is 24.2. The summed E-state index contributed by atoms with van der Waals surface area (Å²) in [5.41, 5.74) is 1.92. The summed E-state index contributed by atoms with van der Waals surface area (Å²) >= 11 is 0. The van der Waals surface area contributed by atoms with Crippen LogP contribution in [0.1, 0.15) is 39.3 Å². The van der Waals surface area contributed by atoms with Gasteiger partial charge >= 0.3 is 0 Å². The number of para-hydroxylation sites is 1. The molecule has 0 N–H and O–H groups in total. The van der Waals surface area contributed by atoms with E-state index in [9.17, 15) is 9.59 Å². The molecule has 0 aliphatic carbocycles. The molecule has 1 saturated heterocycles. The number of hydrogen-bond acceptors (Lipinski definition) is 6. The summed E-state index contributed by atoms with van der Waals surface area (Å²) in [5.74, 6) is 1.70. The molecule has 6 rings (SSSR count). The molecule has 176 valence electrons. The van der Waals surface area contributed by atoms with Crippen molar-refractivity contribution in [3.8, 4) is 17.3 Å². The second kappa shape index (κ2) is 7.94. The molecule has 1 fully saturated rings. The van der Waals surface area contributed by atoms with Gasteiger partial charge in [0.25, 0.3) is 5.91 Å². The average Bonchev–Trinajstić information content (AvgIpc) is 3.46. The van der Waals surface area contributed by atoms with Crippen molar-refractivity contribution in [1.29, 1.82) is 0 Å². The van der Waals surface area contributed by atoms with E-state index in [1.165, 1.54) is 0 Å². The minimum Gasteiger partial charge on any atom is -0.497 e. The molecule has 4 aromatic rings. The second-order valence-corrected chi connectivity index (χ2v) is 9.14. The van der Waals surface area contributed by atoms with Crippen LogP contribution in [0.25, 0.3) is 16.7 Å². The molecule has 2 aliphatic heterocycles. The Morgan fingerprint density at radius 1 is 1.14 bits per heavy atom. The molecule has 1 amide bonds. The number of amides is 1. The average molecular weight is 469 g/mol. The van der Waals surface area contributed by atoms with Gasteiger partial charge in [0, 0.05) is 18.4 Å². The maximum absolute atomic E-state index is 13.5. The van der Waals surface area contributed by atoms with Gasteiger partial charge in [0.15, 0.2) is 11.6 Å². The molecule has 0 saturated carbocycles. The highest BCUT2D eigenvalue weighted by Gasteiger charge is 2.47. The SMILES string of the molecule is COc1ccc2c(c1)C(=O)CC1(CCN(C(=O)c3cnn(-c4ccc5ccccc5n4)c3C)C1)O2. The van der Waals surface area contributed by atoms with Crippen molar-refractivity contribution >= 4 is 22.6 Å². The number of nitrogens with zero attached hydrogens (tertiary/aromatic N) is 4. The Kier molecular flexibility index (Phi) is 4.84. The van der Waals surface area contributed by atoms with E-state index in [0.717, 1.165) is 16.6 Å². The van der Waals surface area contributed by atoms with Gasteiger partial charge in [-0.3, -0.25) is 9.59 Å². The lowest BCUT2D eigenvalue weighted by Gasteiger charge is -2.34. The van der Waals surface area contributed by atoms with Gasteiger partial charge in [0.1, 0.15) is 17.1 Å². The molecule has 2 aromatic carbocycles. The van der Waals surface area contributed by atoms with Gasteiger partial charge in [0.2, 0.25) is 0 Å². The monoisotopic (exact) mass is 468 g/mol. The summed E-state index contributed by atoms with van der Waals surface area (Å²) in [5, 5.41) is 5.50. The van der Waals surface area contributed by atoms with Crippen LogP contribution < -0.4 is 9.47 Å². The van der Waals surface area contributed by atoms with Crippen molar-refractivity contribution in [2.24, 2.45) is 0 Å². The standard InChI is InChI=1S/C27H24N4O4/c1-17-21(15-28-31(17)25-10-7-18-5-3-4-6-22(18)29-25)26(33)30-12-11-27(16-30)14-23(32)20-13-19(34-2)8-9-24(20)35-27/h3-10,13,15H,11-12,14,16H2,1-2H3. The van der Waals surface area contributed by atoms with Gasteiger partial charge in [-0.2, -0.15) is 5.10 Å².